The maximum absolute atomic E-state index is 10.5. The molecule has 1 N–H and O–H groups in total. The summed E-state index contributed by atoms with van der Waals surface area (Å²) in [7, 11) is 0. The Hall–Kier alpha value is -1.36. The standard InChI is InChI=1S/C15H10ClNOS2/c16-11-3-1-2-10(8-11)12-14(18)17-6-4-9-5-7-19-13(9)15(17)20-12/h1-3,5,7-8H,4,6H2/p+1. The average molecular weight is 321 g/mol. The Kier molecular flexibility index (Phi) is 2.84. The van der Waals surface area contributed by atoms with E-state index in [2.05, 4.69) is 11.4 Å². The molecule has 0 bridgehead atoms. The molecular weight excluding hydrogens is 310 g/mol. The van der Waals surface area contributed by atoms with Gasteiger partial charge in [-0.15, -0.1) is 15.9 Å². The van der Waals surface area contributed by atoms with Gasteiger partial charge in [-0.05, 0) is 29.1 Å². The molecule has 0 unspecified atom stereocenters. The highest BCUT2D eigenvalue weighted by atomic mass is 35.5. The molecule has 2 aromatic heterocycles. The van der Waals surface area contributed by atoms with Gasteiger partial charge in [0.15, 0.2) is 11.4 Å². The van der Waals surface area contributed by atoms with Gasteiger partial charge >= 0.3 is 5.88 Å². The molecule has 20 heavy (non-hydrogen) atoms. The molecule has 0 radical (unpaired) electrons. The quantitative estimate of drug-likeness (QED) is 0.662. The fraction of sp³-hybridized carbons (Fsp3) is 0.133. The zero-order valence-electron chi connectivity index (χ0n) is 10.5. The molecule has 100 valence electrons. The Morgan fingerprint density at radius 3 is 2.95 bits per heavy atom. The highest BCUT2D eigenvalue weighted by Gasteiger charge is 2.33. The summed E-state index contributed by atoms with van der Waals surface area (Å²) in [5.41, 5.74) is 2.36. The van der Waals surface area contributed by atoms with Crippen molar-refractivity contribution in [2.75, 3.05) is 0 Å². The summed E-state index contributed by atoms with van der Waals surface area (Å²) >= 11 is 9.43. The monoisotopic (exact) mass is 320 g/mol. The van der Waals surface area contributed by atoms with Crippen molar-refractivity contribution in [3.63, 3.8) is 0 Å². The van der Waals surface area contributed by atoms with Crippen LogP contribution in [0.3, 0.4) is 0 Å². The van der Waals surface area contributed by atoms with Gasteiger partial charge in [-0.3, -0.25) is 0 Å². The van der Waals surface area contributed by atoms with Gasteiger partial charge in [0.05, 0.1) is 0 Å². The van der Waals surface area contributed by atoms with Crippen molar-refractivity contribution in [3.05, 3.63) is 46.3 Å². The van der Waals surface area contributed by atoms with Crippen molar-refractivity contribution < 1.29 is 9.67 Å². The van der Waals surface area contributed by atoms with E-state index in [0.717, 1.165) is 28.4 Å². The van der Waals surface area contributed by atoms with Gasteiger partial charge in [-0.1, -0.05) is 35.1 Å². The van der Waals surface area contributed by atoms with E-state index < -0.39 is 0 Å². The number of aromatic hydroxyl groups is 1. The minimum atomic E-state index is 0.353. The lowest BCUT2D eigenvalue weighted by Gasteiger charge is -2.05. The number of aromatic nitrogens is 1. The van der Waals surface area contributed by atoms with Crippen molar-refractivity contribution in [2.24, 2.45) is 0 Å². The normalized spacial score (nSPS) is 13.1. The largest absolute Gasteiger partial charge is 0.459 e. The van der Waals surface area contributed by atoms with E-state index in [0.29, 0.717) is 10.9 Å². The minimum Gasteiger partial charge on any atom is -0.459 e. The van der Waals surface area contributed by atoms with E-state index in [9.17, 15) is 5.11 Å². The maximum Gasteiger partial charge on any atom is 0.385 e. The van der Waals surface area contributed by atoms with Crippen LogP contribution in [0.15, 0.2) is 35.7 Å². The lowest BCUT2D eigenvalue weighted by Crippen LogP contribution is -2.37. The molecule has 1 aromatic carbocycles. The topological polar surface area (TPSA) is 24.1 Å². The van der Waals surface area contributed by atoms with Crippen molar-refractivity contribution in [1.29, 1.82) is 0 Å². The molecule has 3 heterocycles. The van der Waals surface area contributed by atoms with E-state index in [1.54, 1.807) is 22.7 Å². The highest BCUT2D eigenvalue weighted by molar-refractivity contribution is 7.22. The fourth-order valence-corrected chi connectivity index (χ4v) is 5.07. The van der Waals surface area contributed by atoms with Crippen LogP contribution in [-0.4, -0.2) is 5.11 Å². The Morgan fingerprint density at radius 1 is 1.20 bits per heavy atom. The van der Waals surface area contributed by atoms with Crippen LogP contribution in [0.4, 0.5) is 0 Å². The second-order valence-electron chi connectivity index (χ2n) is 4.75. The first-order chi connectivity index (χ1) is 9.74. The Morgan fingerprint density at radius 2 is 2.10 bits per heavy atom. The highest BCUT2D eigenvalue weighted by Crippen LogP contribution is 2.42. The fourth-order valence-electron chi connectivity index (χ4n) is 2.56. The molecule has 0 saturated heterocycles. The van der Waals surface area contributed by atoms with E-state index in [-0.39, 0.29) is 0 Å². The molecule has 0 saturated carbocycles. The lowest BCUT2D eigenvalue weighted by molar-refractivity contribution is -0.688. The number of benzene rings is 1. The number of nitrogens with zero attached hydrogens (tertiary/aromatic N) is 1. The van der Waals surface area contributed by atoms with Gasteiger partial charge in [0.25, 0.3) is 5.01 Å². The van der Waals surface area contributed by atoms with Crippen LogP contribution < -0.4 is 4.57 Å². The van der Waals surface area contributed by atoms with E-state index in [1.807, 2.05) is 28.8 Å². The third kappa shape index (κ3) is 1.79. The van der Waals surface area contributed by atoms with E-state index in [1.165, 1.54) is 10.4 Å². The first kappa shape index (κ1) is 12.4. The third-order valence-electron chi connectivity index (χ3n) is 3.54. The van der Waals surface area contributed by atoms with Crippen LogP contribution in [0.1, 0.15) is 5.56 Å². The number of fused-ring (bicyclic) bond motifs is 3. The second kappa shape index (κ2) is 4.58. The Balaban J connectivity index is 1.93. The molecule has 3 aromatic rings. The van der Waals surface area contributed by atoms with E-state index in [4.69, 9.17) is 11.6 Å². The Labute approximate surface area is 129 Å². The van der Waals surface area contributed by atoms with Crippen molar-refractivity contribution >= 4 is 34.3 Å². The van der Waals surface area contributed by atoms with Crippen molar-refractivity contribution in [1.82, 2.24) is 0 Å². The summed E-state index contributed by atoms with van der Waals surface area (Å²) in [6.07, 6.45) is 0.982. The number of thiazole rings is 1. The molecule has 1 aliphatic heterocycles. The minimum absolute atomic E-state index is 0.353. The second-order valence-corrected chi connectivity index (χ2v) is 7.10. The van der Waals surface area contributed by atoms with Crippen LogP contribution in [0, 0.1) is 0 Å². The summed E-state index contributed by atoms with van der Waals surface area (Å²) in [6.45, 7) is 0.835. The summed E-state index contributed by atoms with van der Waals surface area (Å²) in [5.74, 6) is 0.353. The molecule has 0 aliphatic carbocycles. The van der Waals surface area contributed by atoms with E-state index >= 15 is 0 Å². The first-order valence-corrected chi connectivity index (χ1v) is 8.40. The van der Waals surface area contributed by atoms with Gasteiger partial charge in [0.1, 0.15) is 4.88 Å². The smallest absolute Gasteiger partial charge is 0.385 e. The summed E-state index contributed by atoms with van der Waals surface area (Å²) in [6, 6.07) is 9.82. The van der Waals surface area contributed by atoms with Crippen molar-refractivity contribution in [2.45, 2.75) is 13.0 Å². The molecule has 0 fully saturated rings. The van der Waals surface area contributed by atoms with Gasteiger partial charge in [0, 0.05) is 17.0 Å². The predicted molar refractivity (Wildman–Crippen MR) is 83.6 cm³/mol. The first-order valence-electron chi connectivity index (χ1n) is 6.32. The van der Waals surface area contributed by atoms with Crippen LogP contribution in [0.2, 0.25) is 5.02 Å². The summed E-state index contributed by atoms with van der Waals surface area (Å²) < 4.78 is 2.01. The Bertz CT molecular complexity index is 806. The molecular formula is C15H11ClNOS2+. The summed E-state index contributed by atoms with van der Waals surface area (Å²) in [4.78, 5) is 2.17. The van der Waals surface area contributed by atoms with Crippen LogP contribution in [-0.2, 0) is 13.0 Å². The maximum atomic E-state index is 10.5. The van der Waals surface area contributed by atoms with Gasteiger partial charge < -0.3 is 5.11 Å². The number of halogens is 1. The number of thiophene rings is 1. The van der Waals surface area contributed by atoms with Crippen molar-refractivity contribution in [3.8, 4) is 26.2 Å². The molecule has 5 heteroatoms. The molecule has 0 atom stereocenters. The lowest BCUT2D eigenvalue weighted by atomic mass is 10.1. The molecule has 0 amide bonds. The van der Waals surface area contributed by atoms with Crippen LogP contribution >= 0.6 is 34.3 Å². The van der Waals surface area contributed by atoms with Crippen LogP contribution in [0.25, 0.3) is 20.3 Å². The molecule has 0 spiro atoms. The van der Waals surface area contributed by atoms with Crippen LogP contribution in [0.5, 0.6) is 5.88 Å². The number of hydrogen-bond donors (Lipinski definition) is 1. The predicted octanol–water partition coefficient (Wildman–Crippen LogP) is 4.35. The number of hydrogen-bond acceptors (Lipinski definition) is 3. The number of rotatable bonds is 1. The van der Waals surface area contributed by atoms with Gasteiger partial charge in [0.2, 0.25) is 0 Å². The van der Waals surface area contributed by atoms with Gasteiger partial charge in [-0.25, -0.2) is 0 Å². The zero-order chi connectivity index (χ0) is 13.7. The molecule has 4 rings (SSSR count). The zero-order valence-corrected chi connectivity index (χ0v) is 12.9. The van der Waals surface area contributed by atoms with Gasteiger partial charge in [-0.2, -0.15) is 0 Å². The SMILES string of the molecule is Oc1c(-c2cccc(Cl)c2)sc2[n+]1CCc1ccsc1-2. The molecule has 1 aliphatic rings. The third-order valence-corrected chi connectivity index (χ3v) is 6.10. The average Bonchev–Trinajstić information content (AvgIpc) is 3.03. The summed E-state index contributed by atoms with van der Waals surface area (Å²) in [5, 5.41) is 14.5. The number of aryl methyl sites for hydroxylation is 1. The molecule has 2 nitrogen and oxygen atoms in total.